The fourth-order valence-corrected chi connectivity index (χ4v) is 3.49. The summed E-state index contributed by atoms with van der Waals surface area (Å²) in [5.41, 5.74) is 0. The monoisotopic (exact) mass is 397 g/mol. The normalized spacial score (nSPS) is 12.1. The minimum absolute atomic E-state index is 0.317. The number of hydrogen-bond acceptors (Lipinski definition) is 3. The van der Waals surface area contributed by atoms with Crippen molar-refractivity contribution in [1.82, 2.24) is 0 Å². The molecule has 0 bridgehead atoms. The maximum Gasteiger partial charge on any atom is 0.395 e. The molecule has 0 fully saturated rings. The summed E-state index contributed by atoms with van der Waals surface area (Å²) in [6, 6.07) is 0. The zero-order chi connectivity index (χ0) is 20.9. The predicted molar refractivity (Wildman–Crippen MR) is 115 cm³/mol. The molecule has 1 atom stereocenters. The van der Waals surface area contributed by atoms with Gasteiger partial charge in [-0.2, -0.15) is 0 Å². The molecule has 0 amide bonds. The van der Waals surface area contributed by atoms with Gasteiger partial charge in [-0.15, -0.1) is 0 Å². The fraction of sp³-hybridized carbons (Fsp3) is 0.917. The Balaban J connectivity index is 3.66. The predicted octanol–water partition coefficient (Wildman–Crippen LogP) is 7.31. The molecule has 165 valence electrons. The van der Waals surface area contributed by atoms with E-state index in [0.29, 0.717) is 12.8 Å². The van der Waals surface area contributed by atoms with Crippen LogP contribution in [0.2, 0.25) is 0 Å². The molecule has 0 aromatic rings. The van der Waals surface area contributed by atoms with Crippen molar-refractivity contribution < 1.29 is 19.4 Å². The molecule has 0 N–H and O–H groups in total. The smallest absolute Gasteiger partial charge is 0.395 e. The highest BCUT2D eigenvalue weighted by Crippen LogP contribution is 2.14. The van der Waals surface area contributed by atoms with E-state index in [2.05, 4.69) is 13.8 Å². The van der Waals surface area contributed by atoms with Gasteiger partial charge in [0.15, 0.2) is 0 Å². The molecule has 0 aromatic carbocycles. The number of unbranched alkanes of at least 4 members (excludes halogenated alkanes) is 15. The van der Waals surface area contributed by atoms with E-state index in [4.69, 9.17) is 4.74 Å². The van der Waals surface area contributed by atoms with Gasteiger partial charge in [0.2, 0.25) is 6.10 Å². The highest BCUT2D eigenvalue weighted by Gasteiger charge is 2.23. The topological polar surface area (TPSA) is 63.3 Å². The maximum absolute atomic E-state index is 11.9. The van der Waals surface area contributed by atoms with Crippen LogP contribution in [-0.2, 0) is 19.4 Å². The summed E-state index contributed by atoms with van der Waals surface area (Å²) in [4.78, 5) is 23.1. The summed E-state index contributed by atoms with van der Waals surface area (Å²) in [5, 5.41) is 11.2. The van der Waals surface area contributed by atoms with E-state index in [0.717, 1.165) is 38.5 Å². The van der Waals surface area contributed by atoms with Crippen molar-refractivity contribution in [3.8, 4) is 0 Å². The van der Waals surface area contributed by atoms with Crippen LogP contribution in [0.5, 0.6) is 0 Å². The second-order valence-electron chi connectivity index (χ2n) is 8.14. The molecular formula is C24H45O4. The Bertz CT molecular complexity index is 368. The van der Waals surface area contributed by atoms with E-state index in [9.17, 15) is 14.7 Å². The van der Waals surface area contributed by atoms with Gasteiger partial charge in [0, 0.05) is 6.42 Å². The van der Waals surface area contributed by atoms with E-state index in [1.807, 2.05) is 0 Å². The Hall–Kier alpha value is -1.06. The van der Waals surface area contributed by atoms with Crippen molar-refractivity contribution in [2.45, 2.75) is 142 Å². The van der Waals surface area contributed by atoms with Gasteiger partial charge in [-0.3, -0.25) is 4.79 Å². The summed E-state index contributed by atoms with van der Waals surface area (Å²) in [6.45, 7) is 4.43. The lowest BCUT2D eigenvalue weighted by Gasteiger charge is -2.12. The quantitative estimate of drug-likeness (QED) is 0.151. The Morgan fingerprint density at radius 3 is 1.43 bits per heavy atom. The molecule has 0 heterocycles. The van der Waals surface area contributed by atoms with E-state index in [1.165, 1.54) is 70.6 Å². The van der Waals surface area contributed by atoms with Crippen molar-refractivity contribution >= 4 is 11.9 Å². The molecule has 0 saturated heterocycles. The number of ether oxygens (including phenoxy) is 1. The largest absolute Gasteiger partial charge is 0.450 e. The van der Waals surface area contributed by atoms with E-state index in [1.54, 1.807) is 0 Å². The molecule has 28 heavy (non-hydrogen) atoms. The van der Waals surface area contributed by atoms with E-state index in [-0.39, 0.29) is 0 Å². The molecule has 4 heteroatoms. The molecule has 0 spiro atoms. The number of esters is 1. The van der Waals surface area contributed by atoms with Crippen LogP contribution < -0.4 is 0 Å². The Morgan fingerprint density at radius 2 is 1.00 bits per heavy atom. The highest BCUT2D eigenvalue weighted by molar-refractivity contribution is 5.77. The molecule has 0 aliphatic heterocycles. The van der Waals surface area contributed by atoms with Gasteiger partial charge in [-0.25, -0.2) is 9.90 Å². The van der Waals surface area contributed by atoms with Crippen molar-refractivity contribution in [2.24, 2.45) is 0 Å². The molecule has 0 saturated carbocycles. The van der Waals surface area contributed by atoms with E-state index >= 15 is 0 Å². The summed E-state index contributed by atoms with van der Waals surface area (Å²) >= 11 is 0. The molecule has 0 rings (SSSR count). The van der Waals surface area contributed by atoms with Crippen LogP contribution in [-0.4, -0.2) is 18.0 Å². The first kappa shape index (κ1) is 26.9. The van der Waals surface area contributed by atoms with Gasteiger partial charge in [0.25, 0.3) is 0 Å². The van der Waals surface area contributed by atoms with Crippen LogP contribution in [0.15, 0.2) is 0 Å². The molecule has 1 unspecified atom stereocenters. The molecular weight excluding hydrogens is 352 g/mol. The third kappa shape index (κ3) is 18.3. The minimum atomic E-state index is -1.26. The Labute approximate surface area is 173 Å². The number of rotatable bonds is 21. The lowest BCUT2D eigenvalue weighted by atomic mass is 10.1. The van der Waals surface area contributed by atoms with Crippen molar-refractivity contribution in [2.75, 3.05) is 0 Å². The number of carbonyl (C=O) groups is 2. The average Bonchev–Trinajstić information content (AvgIpc) is 2.67. The molecule has 0 aliphatic carbocycles. The van der Waals surface area contributed by atoms with Gasteiger partial charge in [0.1, 0.15) is 0 Å². The fourth-order valence-electron chi connectivity index (χ4n) is 3.49. The molecule has 1 radical (unpaired) electrons. The second kappa shape index (κ2) is 20.7. The standard InChI is InChI=1S/C24H45O4/c1-3-5-7-9-11-13-15-17-19-21-23(25)28-22(24(26)27)20-18-16-14-12-10-8-6-4-2/h22H,3-21H2,1-2H3. The molecule has 0 aliphatic rings. The second-order valence-corrected chi connectivity index (χ2v) is 8.14. The van der Waals surface area contributed by atoms with Crippen LogP contribution >= 0.6 is 0 Å². The number of carbonyl (C=O) groups excluding carboxylic acids is 2. The van der Waals surface area contributed by atoms with Gasteiger partial charge in [-0.05, 0) is 19.3 Å². The van der Waals surface area contributed by atoms with Crippen molar-refractivity contribution in [1.29, 1.82) is 0 Å². The third-order valence-corrected chi connectivity index (χ3v) is 5.34. The summed E-state index contributed by atoms with van der Waals surface area (Å²) < 4.78 is 5.14. The van der Waals surface area contributed by atoms with Gasteiger partial charge >= 0.3 is 11.9 Å². The average molecular weight is 398 g/mol. The summed E-state index contributed by atoms with van der Waals surface area (Å²) in [7, 11) is 0. The Kier molecular flexibility index (Phi) is 19.9. The highest BCUT2D eigenvalue weighted by atomic mass is 16.6. The lowest BCUT2D eigenvalue weighted by molar-refractivity contribution is -0.168. The first-order valence-electron chi connectivity index (χ1n) is 12.0. The lowest BCUT2D eigenvalue weighted by Crippen LogP contribution is -2.26. The number of hydrogen-bond donors (Lipinski definition) is 0. The van der Waals surface area contributed by atoms with Crippen LogP contribution in [0, 0.1) is 0 Å². The Morgan fingerprint density at radius 1 is 0.607 bits per heavy atom. The van der Waals surface area contributed by atoms with Crippen LogP contribution in [0.3, 0.4) is 0 Å². The zero-order valence-corrected chi connectivity index (χ0v) is 18.6. The van der Waals surface area contributed by atoms with Crippen molar-refractivity contribution in [3.63, 3.8) is 0 Å². The van der Waals surface area contributed by atoms with Crippen LogP contribution in [0.1, 0.15) is 136 Å². The summed E-state index contributed by atoms with van der Waals surface area (Å²) in [6.07, 6.45) is 19.4. The first-order valence-corrected chi connectivity index (χ1v) is 12.0. The van der Waals surface area contributed by atoms with Gasteiger partial charge < -0.3 is 4.74 Å². The van der Waals surface area contributed by atoms with Crippen molar-refractivity contribution in [3.05, 3.63) is 0 Å². The van der Waals surface area contributed by atoms with Gasteiger partial charge in [-0.1, -0.05) is 110 Å². The molecule has 0 aromatic heterocycles. The van der Waals surface area contributed by atoms with E-state index < -0.39 is 18.0 Å². The maximum atomic E-state index is 11.9. The van der Waals surface area contributed by atoms with Crippen LogP contribution in [0.4, 0.5) is 0 Å². The minimum Gasteiger partial charge on any atom is -0.450 e. The van der Waals surface area contributed by atoms with Crippen LogP contribution in [0.25, 0.3) is 0 Å². The third-order valence-electron chi connectivity index (χ3n) is 5.34. The zero-order valence-electron chi connectivity index (χ0n) is 18.6. The SMILES string of the molecule is CCCCCCCCCCCC(=O)OC(CCCCCCCCCC)C([O])=O. The molecule has 4 nitrogen and oxygen atoms in total. The van der Waals surface area contributed by atoms with Gasteiger partial charge in [0.05, 0.1) is 0 Å². The first-order chi connectivity index (χ1) is 13.6. The summed E-state index contributed by atoms with van der Waals surface area (Å²) in [5.74, 6) is -1.65.